The summed E-state index contributed by atoms with van der Waals surface area (Å²) in [6.07, 6.45) is 7.93. The van der Waals surface area contributed by atoms with E-state index in [0.717, 1.165) is 24.8 Å². The topological polar surface area (TPSA) is 12.0 Å². The molecule has 1 saturated carbocycles. The molecule has 2 heteroatoms. The van der Waals surface area contributed by atoms with Gasteiger partial charge in [-0.25, -0.2) is 4.39 Å². The van der Waals surface area contributed by atoms with E-state index in [9.17, 15) is 4.39 Å². The molecule has 1 aromatic carbocycles. The molecule has 1 fully saturated rings. The summed E-state index contributed by atoms with van der Waals surface area (Å²) in [6.45, 7) is 5.70. The normalized spacial score (nSPS) is 24.6. The Hall–Kier alpha value is -0.890. The van der Waals surface area contributed by atoms with Crippen LogP contribution in [0.25, 0.3) is 0 Å². The van der Waals surface area contributed by atoms with Gasteiger partial charge in [0.25, 0.3) is 0 Å². The first-order valence-corrected chi connectivity index (χ1v) is 8.11. The van der Waals surface area contributed by atoms with E-state index in [1.54, 1.807) is 12.1 Å². The predicted molar refractivity (Wildman–Crippen MR) is 83.3 cm³/mol. The first-order chi connectivity index (χ1) is 9.63. The van der Waals surface area contributed by atoms with E-state index in [1.807, 2.05) is 12.1 Å². The summed E-state index contributed by atoms with van der Waals surface area (Å²) in [7, 11) is 0. The maximum Gasteiger partial charge on any atom is 0.123 e. The molecular formula is C18H28FN. The van der Waals surface area contributed by atoms with Crippen molar-refractivity contribution in [1.29, 1.82) is 0 Å². The lowest BCUT2D eigenvalue weighted by Gasteiger charge is -2.26. The van der Waals surface area contributed by atoms with Gasteiger partial charge in [-0.1, -0.05) is 44.7 Å². The molecule has 1 N–H and O–H groups in total. The molecule has 1 aromatic rings. The van der Waals surface area contributed by atoms with E-state index in [0.29, 0.717) is 6.04 Å². The average Bonchev–Trinajstić information content (AvgIpc) is 2.44. The number of hydrogen-bond acceptors (Lipinski definition) is 1. The van der Waals surface area contributed by atoms with E-state index < -0.39 is 0 Å². The SMILES string of the molecule is CC1CCC(CCNC(C)Cc2ccc(F)cc2)CC1. The van der Waals surface area contributed by atoms with Crippen LogP contribution in [0.2, 0.25) is 0 Å². The van der Waals surface area contributed by atoms with Crippen molar-refractivity contribution < 1.29 is 4.39 Å². The Balaban J connectivity index is 1.62. The van der Waals surface area contributed by atoms with Crippen molar-refractivity contribution in [2.75, 3.05) is 6.54 Å². The Morgan fingerprint density at radius 3 is 2.45 bits per heavy atom. The fourth-order valence-electron chi connectivity index (χ4n) is 3.20. The van der Waals surface area contributed by atoms with Crippen LogP contribution in [0.5, 0.6) is 0 Å². The van der Waals surface area contributed by atoms with Gasteiger partial charge < -0.3 is 5.32 Å². The van der Waals surface area contributed by atoms with Crippen LogP contribution >= 0.6 is 0 Å². The highest BCUT2D eigenvalue weighted by Gasteiger charge is 2.17. The summed E-state index contributed by atoms with van der Waals surface area (Å²) in [5, 5.41) is 3.61. The third-order valence-corrected chi connectivity index (χ3v) is 4.64. The molecule has 0 saturated heterocycles. The van der Waals surface area contributed by atoms with Crippen LogP contribution in [-0.4, -0.2) is 12.6 Å². The van der Waals surface area contributed by atoms with Crippen molar-refractivity contribution in [1.82, 2.24) is 5.32 Å². The Morgan fingerprint density at radius 2 is 1.80 bits per heavy atom. The minimum Gasteiger partial charge on any atom is -0.314 e. The van der Waals surface area contributed by atoms with Gasteiger partial charge in [0, 0.05) is 6.04 Å². The molecule has 0 spiro atoms. The largest absolute Gasteiger partial charge is 0.314 e. The summed E-state index contributed by atoms with van der Waals surface area (Å²) >= 11 is 0. The van der Waals surface area contributed by atoms with Crippen LogP contribution in [0.4, 0.5) is 4.39 Å². The molecule has 1 aliphatic rings. The highest BCUT2D eigenvalue weighted by Crippen LogP contribution is 2.29. The third kappa shape index (κ3) is 5.24. The fraction of sp³-hybridized carbons (Fsp3) is 0.667. The van der Waals surface area contributed by atoms with Gasteiger partial charge in [-0.15, -0.1) is 0 Å². The monoisotopic (exact) mass is 277 g/mol. The van der Waals surface area contributed by atoms with Crippen molar-refractivity contribution in [3.63, 3.8) is 0 Å². The van der Waals surface area contributed by atoms with Crippen LogP contribution in [0.15, 0.2) is 24.3 Å². The Bertz CT molecular complexity index is 379. The van der Waals surface area contributed by atoms with Gasteiger partial charge in [-0.2, -0.15) is 0 Å². The van der Waals surface area contributed by atoms with Crippen LogP contribution in [0.3, 0.4) is 0 Å². The molecule has 20 heavy (non-hydrogen) atoms. The fourth-order valence-corrected chi connectivity index (χ4v) is 3.20. The molecule has 0 amide bonds. The quantitative estimate of drug-likeness (QED) is 0.803. The second kappa shape index (κ2) is 7.78. The van der Waals surface area contributed by atoms with Crippen molar-refractivity contribution in [2.24, 2.45) is 11.8 Å². The van der Waals surface area contributed by atoms with Crippen molar-refractivity contribution in [3.05, 3.63) is 35.6 Å². The van der Waals surface area contributed by atoms with Gasteiger partial charge in [0.2, 0.25) is 0 Å². The van der Waals surface area contributed by atoms with Gasteiger partial charge >= 0.3 is 0 Å². The van der Waals surface area contributed by atoms with Crippen LogP contribution in [0.1, 0.15) is 51.5 Å². The molecule has 1 unspecified atom stereocenters. The standard InChI is InChI=1S/C18H28FN/c1-14-3-5-16(6-4-14)11-12-20-15(2)13-17-7-9-18(19)10-8-17/h7-10,14-16,20H,3-6,11-13H2,1-2H3. The van der Waals surface area contributed by atoms with Crippen LogP contribution in [0, 0.1) is 17.7 Å². The first kappa shape index (κ1) is 15.5. The van der Waals surface area contributed by atoms with Gasteiger partial charge in [-0.3, -0.25) is 0 Å². The van der Waals surface area contributed by atoms with Gasteiger partial charge in [0.1, 0.15) is 5.82 Å². The van der Waals surface area contributed by atoms with E-state index >= 15 is 0 Å². The number of benzene rings is 1. The lowest BCUT2D eigenvalue weighted by Crippen LogP contribution is -2.30. The zero-order valence-electron chi connectivity index (χ0n) is 12.9. The Labute approximate surface area is 123 Å². The molecule has 1 atom stereocenters. The molecule has 1 aliphatic carbocycles. The summed E-state index contributed by atoms with van der Waals surface area (Å²) < 4.78 is 12.8. The van der Waals surface area contributed by atoms with Gasteiger partial charge in [-0.05, 0) is 55.8 Å². The van der Waals surface area contributed by atoms with E-state index in [2.05, 4.69) is 19.2 Å². The molecule has 0 aliphatic heterocycles. The maximum atomic E-state index is 12.8. The molecule has 2 rings (SSSR count). The van der Waals surface area contributed by atoms with Gasteiger partial charge in [0.05, 0.1) is 0 Å². The van der Waals surface area contributed by atoms with Crippen molar-refractivity contribution in [2.45, 2.75) is 58.4 Å². The van der Waals surface area contributed by atoms with Crippen molar-refractivity contribution in [3.8, 4) is 0 Å². The van der Waals surface area contributed by atoms with E-state index in [4.69, 9.17) is 0 Å². The number of rotatable bonds is 6. The van der Waals surface area contributed by atoms with Gasteiger partial charge in [0.15, 0.2) is 0 Å². The highest BCUT2D eigenvalue weighted by molar-refractivity contribution is 5.16. The zero-order valence-corrected chi connectivity index (χ0v) is 12.9. The number of halogens is 1. The molecule has 0 aromatic heterocycles. The molecule has 0 radical (unpaired) electrons. The summed E-state index contributed by atoms with van der Waals surface area (Å²) in [5.41, 5.74) is 1.21. The summed E-state index contributed by atoms with van der Waals surface area (Å²) in [4.78, 5) is 0. The molecule has 1 nitrogen and oxygen atoms in total. The van der Waals surface area contributed by atoms with Crippen molar-refractivity contribution >= 4 is 0 Å². The number of nitrogens with one attached hydrogen (secondary N) is 1. The smallest absolute Gasteiger partial charge is 0.123 e. The van der Waals surface area contributed by atoms with Crippen LogP contribution in [-0.2, 0) is 6.42 Å². The summed E-state index contributed by atoms with van der Waals surface area (Å²) in [5.74, 6) is 1.72. The maximum absolute atomic E-state index is 12.8. The second-order valence-corrected chi connectivity index (χ2v) is 6.60. The third-order valence-electron chi connectivity index (χ3n) is 4.64. The second-order valence-electron chi connectivity index (χ2n) is 6.60. The zero-order chi connectivity index (χ0) is 14.4. The number of hydrogen-bond donors (Lipinski definition) is 1. The van der Waals surface area contributed by atoms with Crippen LogP contribution < -0.4 is 5.32 Å². The van der Waals surface area contributed by atoms with E-state index in [1.165, 1.54) is 37.7 Å². The first-order valence-electron chi connectivity index (χ1n) is 8.11. The molecule has 0 heterocycles. The lowest BCUT2D eigenvalue weighted by molar-refractivity contribution is 0.273. The minimum absolute atomic E-state index is 0.152. The van der Waals surface area contributed by atoms with E-state index in [-0.39, 0.29) is 5.82 Å². The minimum atomic E-state index is -0.152. The predicted octanol–water partition coefficient (Wildman–Crippen LogP) is 4.56. The summed E-state index contributed by atoms with van der Waals surface area (Å²) in [6, 6.07) is 7.32. The molecular weight excluding hydrogens is 249 g/mol. The average molecular weight is 277 g/mol. The molecule has 112 valence electrons. The molecule has 0 bridgehead atoms. The Morgan fingerprint density at radius 1 is 1.15 bits per heavy atom. The Kier molecular flexibility index (Phi) is 6.03. The lowest BCUT2D eigenvalue weighted by atomic mass is 9.81. The highest BCUT2D eigenvalue weighted by atomic mass is 19.1.